The zero-order valence-corrected chi connectivity index (χ0v) is 10.6. The van der Waals surface area contributed by atoms with Crippen LogP contribution in [0.3, 0.4) is 0 Å². The number of likely N-dealkylation sites (tertiary alicyclic amines) is 2. The lowest BCUT2D eigenvalue weighted by atomic mass is 10.1. The summed E-state index contributed by atoms with van der Waals surface area (Å²) < 4.78 is 0. The van der Waals surface area contributed by atoms with Gasteiger partial charge in [-0.25, -0.2) is 0 Å². The van der Waals surface area contributed by atoms with E-state index in [-0.39, 0.29) is 0 Å². The van der Waals surface area contributed by atoms with Crippen LogP contribution in [0.15, 0.2) is 0 Å². The van der Waals surface area contributed by atoms with Crippen LogP contribution in [0.25, 0.3) is 0 Å². The molecule has 2 aliphatic rings. The maximum absolute atomic E-state index is 9.13. The van der Waals surface area contributed by atoms with Gasteiger partial charge in [0.25, 0.3) is 0 Å². The Morgan fingerprint density at radius 3 is 2.56 bits per heavy atom. The highest BCUT2D eigenvalue weighted by Crippen LogP contribution is 2.18. The van der Waals surface area contributed by atoms with Gasteiger partial charge in [-0.05, 0) is 51.7 Å². The molecule has 2 heterocycles. The molecule has 1 N–H and O–H groups in total. The zero-order chi connectivity index (χ0) is 11.4. The number of hydrogen-bond donors (Lipinski definition) is 1. The Balaban J connectivity index is 1.72. The van der Waals surface area contributed by atoms with Gasteiger partial charge < -0.3 is 10.0 Å². The fraction of sp³-hybridized carbons (Fsp3) is 1.00. The predicted octanol–water partition coefficient (Wildman–Crippen LogP) is 1.17. The summed E-state index contributed by atoms with van der Waals surface area (Å²) in [6.45, 7) is 8.79. The molecule has 0 aromatic carbocycles. The van der Waals surface area contributed by atoms with Crippen LogP contribution in [0, 0.1) is 5.92 Å². The summed E-state index contributed by atoms with van der Waals surface area (Å²) in [7, 11) is 0. The van der Waals surface area contributed by atoms with Crippen LogP contribution in [0.5, 0.6) is 0 Å². The van der Waals surface area contributed by atoms with Crippen LogP contribution in [0.1, 0.15) is 32.6 Å². The van der Waals surface area contributed by atoms with Crippen molar-refractivity contribution in [2.75, 3.05) is 39.3 Å². The summed E-state index contributed by atoms with van der Waals surface area (Å²) in [5.74, 6) is 0.536. The van der Waals surface area contributed by atoms with Gasteiger partial charge in [0.15, 0.2) is 0 Å². The summed E-state index contributed by atoms with van der Waals surface area (Å²) in [5, 5.41) is 9.13. The molecule has 2 fully saturated rings. The van der Waals surface area contributed by atoms with Crippen molar-refractivity contribution < 1.29 is 5.11 Å². The van der Waals surface area contributed by atoms with Gasteiger partial charge in [0.2, 0.25) is 0 Å². The van der Waals surface area contributed by atoms with Gasteiger partial charge in [-0.15, -0.1) is 0 Å². The largest absolute Gasteiger partial charge is 0.396 e. The lowest BCUT2D eigenvalue weighted by Crippen LogP contribution is -2.44. The fourth-order valence-corrected chi connectivity index (χ4v) is 3.08. The SMILES string of the molecule is CC(CN1CCC(CO)C1)N1CCCCC1. The number of rotatable bonds is 4. The number of aliphatic hydroxyl groups is 1. The van der Waals surface area contributed by atoms with Crippen LogP contribution in [0.4, 0.5) is 0 Å². The third kappa shape index (κ3) is 3.19. The molecular weight excluding hydrogens is 200 g/mol. The normalized spacial score (nSPS) is 30.8. The molecular formula is C13H26N2O. The standard InChI is InChI=1S/C13H26N2O/c1-12(15-6-3-2-4-7-15)9-14-8-5-13(10-14)11-16/h12-13,16H,2-11H2,1H3. The van der Waals surface area contributed by atoms with E-state index in [0.29, 0.717) is 18.6 Å². The molecule has 0 aliphatic carbocycles. The van der Waals surface area contributed by atoms with Gasteiger partial charge in [0, 0.05) is 25.7 Å². The highest BCUT2D eigenvalue weighted by atomic mass is 16.3. The summed E-state index contributed by atoms with van der Waals surface area (Å²) in [5.41, 5.74) is 0. The maximum atomic E-state index is 9.13. The molecule has 94 valence electrons. The number of hydrogen-bond acceptors (Lipinski definition) is 3. The van der Waals surface area contributed by atoms with E-state index in [1.165, 1.54) is 51.9 Å². The number of aliphatic hydroxyl groups excluding tert-OH is 1. The molecule has 0 aromatic rings. The highest BCUT2D eigenvalue weighted by molar-refractivity contribution is 4.80. The number of piperidine rings is 1. The molecule has 2 rings (SSSR count). The first-order valence-electron chi connectivity index (χ1n) is 6.87. The van der Waals surface area contributed by atoms with Crippen LogP contribution >= 0.6 is 0 Å². The van der Waals surface area contributed by atoms with Crippen LogP contribution in [-0.4, -0.2) is 60.3 Å². The minimum absolute atomic E-state index is 0.370. The minimum Gasteiger partial charge on any atom is -0.396 e. The Bertz CT molecular complexity index is 204. The van der Waals surface area contributed by atoms with E-state index in [4.69, 9.17) is 5.11 Å². The van der Waals surface area contributed by atoms with E-state index in [0.717, 1.165) is 6.54 Å². The molecule has 3 heteroatoms. The highest BCUT2D eigenvalue weighted by Gasteiger charge is 2.25. The van der Waals surface area contributed by atoms with Crippen molar-refractivity contribution in [1.29, 1.82) is 0 Å². The molecule has 3 nitrogen and oxygen atoms in total. The van der Waals surface area contributed by atoms with Crippen molar-refractivity contribution in [3.8, 4) is 0 Å². The molecule has 0 amide bonds. The first kappa shape index (κ1) is 12.3. The number of nitrogens with zero attached hydrogens (tertiary/aromatic N) is 2. The predicted molar refractivity (Wildman–Crippen MR) is 66.5 cm³/mol. The van der Waals surface area contributed by atoms with E-state index in [1.807, 2.05) is 0 Å². The van der Waals surface area contributed by atoms with Crippen LogP contribution in [-0.2, 0) is 0 Å². The Kier molecular flexibility index (Phi) is 4.62. The first-order chi connectivity index (χ1) is 7.79. The smallest absolute Gasteiger partial charge is 0.0471 e. The lowest BCUT2D eigenvalue weighted by Gasteiger charge is -2.34. The van der Waals surface area contributed by atoms with Gasteiger partial charge in [0.05, 0.1) is 0 Å². The second-order valence-corrected chi connectivity index (χ2v) is 5.54. The van der Waals surface area contributed by atoms with Crippen molar-refractivity contribution in [2.24, 2.45) is 5.92 Å². The van der Waals surface area contributed by atoms with E-state index >= 15 is 0 Å². The molecule has 16 heavy (non-hydrogen) atoms. The maximum Gasteiger partial charge on any atom is 0.0471 e. The second-order valence-electron chi connectivity index (χ2n) is 5.54. The molecule has 0 radical (unpaired) electrons. The van der Waals surface area contributed by atoms with Gasteiger partial charge >= 0.3 is 0 Å². The first-order valence-corrected chi connectivity index (χ1v) is 6.87. The van der Waals surface area contributed by atoms with Crippen molar-refractivity contribution >= 4 is 0 Å². The molecule has 2 atom stereocenters. The molecule has 0 spiro atoms. The summed E-state index contributed by atoms with van der Waals surface area (Å²) in [6.07, 6.45) is 5.36. The quantitative estimate of drug-likeness (QED) is 0.779. The Hall–Kier alpha value is -0.120. The van der Waals surface area contributed by atoms with Crippen molar-refractivity contribution in [2.45, 2.75) is 38.6 Å². The average Bonchev–Trinajstić information content (AvgIpc) is 2.78. The van der Waals surface area contributed by atoms with Gasteiger partial charge in [-0.3, -0.25) is 4.90 Å². The topological polar surface area (TPSA) is 26.7 Å². The molecule has 2 unspecified atom stereocenters. The molecule has 2 aliphatic heterocycles. The van der Waals surface area contributed by atoms with Gasteiger partial charge in [-0.1, -0.05) is 6.42 Å². The minimum atomic E-state index is 0.370. The van der Waals surface area contributed by atoms with Crippen LogP contribution < -0.4 is 0 Å². The average molecular weight is 226 g/mol. The van der Waals surface area contributed by atoms with Crippen molar-refractivity contribution in [3.05, 3.63) is 0 Å². The van der Waals surface area contributed by atoms with E-state index in [9.17, 15) is 0 Å². The molecule has 2 saturated heterocycles. The summed E-state index contributed by atoms with van der Waals surface area (Å²) >= 11 is 0. The lowest BCUT2D eigenvalue weighted by molar-refractivity contribution is 0.134. The Labute approximate surface area is 99.4 Å². The van der Waals surface area contributed by atoms with Crippen LogP contribution in [0.2, 0.25) is 0 Å². The van der Waals surface area contributed by atoms with Gasteiger partial charge in [-0.2, -0.15) is 0 Å². The van der Waals surface area contributed by atoms with Gasteiger partial charge in [0.1, 0.15) is 0 Å². The van der Waals surface area contributed by atoms with E-state index in [2.05, 4.69) is 16.7 Å². The van der Waals surface area contributed by atoms with E-state index in [1.54, 1.807) is 0 Å². The van der Waals surface area contributed by atoms with Crippen molar-refractivity contribution in [1.82, 2.24) is 9.80 Å². The Morgan fingerprint density at radius 2 is 1.94 bits per heavy atom. The third-order valence-corrected chi connectivity index (χ3v) is 4.16. The van der Waals surface area contributed by atoms with Crippen molar-refractivity contribution in [3.63, 3.8) is 0 Å². The summed E-state index contributed by atoms with van der Waals surface area (Å²) in [4.78, 5) is 5.16. The monoisotopic (exact) mass is 226 g/mol. The second kappa shape index (κ2) is 5.99. The Morgan fingerprint density at radius 1 is 1.19 bits per heavy atom. The fourth-order valence-electron chi connectivity index (χ4n) is 3.08. The van der Waals surface area contributed by atoms with E-state index < -0.39 is 0 Å². The molecule has 0 aromatic heterocycles. The summed E-state index contributed by atoms with van der Waals surface area (Å²) in [6, 6.07) is 0.692. The zero-order valence-electron chi connectivity index (χ0n) is 10.6. The molecule has 0 saturated carbocycles. The molecule has 0 bridgehead atoms. The third-order valence-electron chi connectivity index (χ3n) is 4.16.